The summed E-state index contributed by atoms with van der Waals surface area (Å²) in [6.45, 7) is 2.06. The van der Waals surface area contributed by atoms with Crippen molar-refractivity contribution >= 4 is 5.69 Å². The minimum Gasteiger partial charge on any atom is -0.483 e. The third-order valence-electron chi connectivity index (χ3n) is 3.16. The van der Waals surface area contributed by atoms with Crippen LogP contribution in [0.5, 0.6) is 5.75 Å². The molecule has 0 radical (unpaired) electrons. The first-order valence-corrected chi connectivity index (χ1v) is 5.44. The van der Waals surface area contributed by atoms with Crippen molar-refractivity contribution in [2.45, 2.75) is 25.5 Å². The number of rotatable bonds is 2. The van der Waals surface area contributed by atoms with Crippen LogP contribution in [0.1, 0.15) is 13.3 Å². The van der Waals surface area contributed by atoms with Crippen molar-refractivity contribution in [2.75, 3.05) is 18.6 Å². The third kappa shape index (κ3) is 1.73. The molecule has 1 aromatic carbocycles. The predicted molar refractivity (Wildman–Crippen MR) is 60.4 cm³/mol. The van der Waals surface area contributed by atoms with Crippen LogP contribution in [-0.2, 0) is 0 Å². The van der Waals surface area contributed by atoms with E-state index in [-0.39, 0.29) is 24.6 Å². The predicted octanol–water partition coefficient (Wildman–Crippen LogP) is 1.79. The number of hydrogen-bond donors (Lipinski definition) is 1. The quantitative estimate of drug-likeness (QED) is 0.833. The molecular weight excluding hydrogens is 209 g/mol. The standard InChI is InChI=1S/C12H16FNO2/c1-8-11(6-7-15)16-12-9(13)4-3-5-10(12)14(8)2/h3-5,8,11,15H,6-7H2,1-2H3. The molecule has 0 bridgehead atoms. The first-order chi connectivity index (χ1) is 7.65. The summed E-state index contributed by atoms with van der Waals surface area (Å²) in [5.74, 6) is -0.0549. The van der Waals surface area contributed by atoms with Gasteiger partial charge in [-0.15, -0.1) is 0 Å². The van der Waals surface area contributed by atoms with Crippen LogP contribution in [0.4, 0.5) is 10.1 Å². The van der Waals surface area contributed by atoms with Gasteiger partial charge in [-0.3, -0.25) is 0 Å². The van der Waals surface area contributed by atoms with Gasteiger partial charge in [0.05, 0.1) is 11.7 Å². The molecule has 2 unspecified atom stereocenters. The normalized spacial score (nSPS) is 23.9. The maximum atomic E-state index is 13.6. The Hall–Kier alpha value is -1.29. The fourth-order valence-electron chi connectivity index (χ4n) is 2.04. The van der Waals surface area contributed by atoms with Gasteiger partial charge in [-0.2, -0.15) is 0 Å². The number of nitrogens with zero attached hydrogens (tertiary/aromatic N) is 1. The Morgan fingerprint density at radius 3 is 2.94 bits per heavy atom. The zero-order chi connectivity index (χ0) is 11.7. The Labute approximate surface area is 94.4 Å². The number of anilines is 1. The summed E-state index contributed by atoms with van der Waals surface area (Å²) in [4.78, 5) is 1.99. The lowest BCUT2D eigenvalue weighted by Gasteiger charge is -2.39. The highest BCUT2D eigenvalue weighted by Gasteiger charge is 2.31. The molecule has 0 saturated carbocycles. The van der Waals surface area contributed by atoms with Crippen molar-refractivity contribution in [1.29, 1.82) is 0 Å². The summed E-state index contributed by atoms with van der Waals surface area (Å²) in [6.07, 6.45) is 0.346. The Bertz CT molecular complexity index is 383. The molecule has 1 aliphatic rings. The van der Waals surface area contributed by atoms with E-state index in [9.17, 15) is 4.39 Å². The molecule has 2 atom stereocenters. The maximum Gasteiger partial charge on any atom is 0.178 e. The van der Waals surface area contributed by atoms with Crippen LogP contribution in [0.2, 0.25) is 0 Å². The van der Waals surface area contributed by atoms with E-state index < -0.39 is 0 Å². The van der Waals surface area contributed by atoms with Gasteiger partial charge in [0.15, 0.2) is 11.6 Å². The van der Waals surface area contributed by atoms with Crippen molar-refractivity contribution in [3.05, 3.63) is 24.0 Å². The van der Waals surface area contributed by atoms with Gasteiger partial charge >= 0.3 is 0 Å². The molecule has 88 valence electrons. The number of ether oxygens (including phenoxy) is 1. The monoisotopic (exact) mass is 225 g/mol. The summed E-state index contributed by atoms with van der Waals surface area (Å²) in [5, 5.41) is 8.95. The van der Waals surface area contributed by atoms with E-state index >= 15 is 0 Å². The van der Waals surface area contributed by atoms with Crippen molar-refractivity contribution < 1.29 is 14.2 Å². The summed E-state index contributed by atoms with van der Waals surface area (Å²) in [7, 11) is 1.91. The topological polar surface area (TPSA) is 32.7 Å². The van der Waals surface area contributed by atoms with Gasteiger partial charge in [-0.25, -0.2) is 4.39 Å². The van der Waals surface area contributed by atoms with E-state index in [1.807, 2.05) is 24.9 Å². The van der Waals surface area contributed by atoms with Gasteiger partial charge < -0.3 is 14.7 Å². The fourth-order valence-corrected chi connectivity index (χ4v) is 2.04. The van der Waals surface area contributed by atoms with E-state index in [2.05, 4.69) is 0 Å². The van der Waals surface area contributed by atoms with E-state index in [0.29, 0.717) is 12.2 Å². The van der Waals surface area contributed by atoms with Gasteiger partial charge in [0.1, 0.15) is 6.10 Å². The van der Waals surface area contributed by atoms with Crippen LogP contribution in [0, 0.1) is 5.82 Å². The lowest BCUT2D eigenvalue weighted by molar-refractivity contribution is 0.119. The van der Waals surface area contributed by atoms with Gasteiger partial charge in [0.25, 0.3) is 0 Å². The lowest BCUT2D eigenvalue weighted by Crippen LogP contribution is -2.46. The minimum atomic E-state index is -0.348. The molecular formula is C12H16FNO2. The third-order valence-corrected chi connectivity index (χ3v) is 3.16. The Morgan fingerprint density at radius 2 is 2.25 bits per heavy atom. The maximum absolute atomic E-state index is 13.6. The van der Waals surface area contributed by atoms with Crippen molar-refractivity contribution in [2.24, 2.45) is 0 Å². The molecule has 4 heteroatoms. The molecule has 1 N–H and O–H groups in total. The van der Waals surface area contributed by atoms with Crippen molar-refractivity contribution in [3.8, 4) is 5.75 Å². The smallest absolute Gasteiger partial charge is 0.178 e. The largest absolute Gasteiger partial charge is 0.483 e. The second-order valence-corrected chi connectivity index (χ2v) is 4.11. The molecule has 1 heterocycles. The summed E-state index contributed by atoms with van der Waals surface area (Å²) >= 11 is 0. The number of hydrogen-bond acceptors (Lipinski definition) is 3. The van der Waals surface area contributed by atoms with Gasteiger partial charge in [-0.1, -0.05) is 6.07 Å². The lowest BCUT2D eigenvalue weighted by atomic mass is 10.0. The molecule has 2 rings (SSSR count). The number of aliphatic hydroxyl groups excluding tert-OH is 1. The Morgan fingerprint density at radius 1 is 1.50 bits per heavy atom. The van der Waals surface area contributed by atoms with Gasteiger partial charge in [0.2, 0.25) is 0 Å². The first kappa shape index (κ1) is 11.2. The van der Waals surface area contributed by atoms with E-state index in [1.54, 1.807) is 6.07 Å². The number of likely N-dealkylation sites (N-methyl/N-ethyl adjacent to an activating group) is 1. The molecule has 0 aliphatic carbocycles. The highest BCUT2D eigenvalue weighted by molar-refractivity contribution is 5.61. The van der Waals surface area contributed by atoms with Crippen LogP contribution in [0.3, 0.4) is 0 Å². The van der Waals surface area contributed by atoms with Crippen molar-refractivity contribution in [3.63, 3.8) is 0 Å². The molecule has 0 saturated heterocycles. The van der Waals surface area contributed by atoms with Crippen LogP contribution < -0.4 is 9.64 Å². The number of aliphatic hydroxyl groups is 1. The number of para-hydroxylation sites is 1. The number of fused-ring (bicyclic) bond motifs is 1. The highest BCUT2D eigenvalue weighted by atomic mass is 19.1. The highest BCUT2D eigenvalue weighted by Crippen LogP contribution is 2.37. The zero-order valence-electron chi connectivity index (χ0n) is 9.48. The molecule has 16 heavy (non-hydrogen) atoms. The zero-order valence-corrected chi connectivity index (χ0v) is 9.48. The van der Waals surface area contributed by atoms with Crippen molar-refractivity contribution in [1.82, 2.24) is 0 Å². The SMILES string of the molecule is CC1C(CCO)Oc2c(F)cccc2N1C. The van der Waals surface area contributed by atoms with Gasteiger partial charge in [0, 0.05) is 20.1 Å². The first-order valence-electron chi connectivity index (χ1n) is 5.44. The van der Waals surface area contributed by atoms with E-state index in [1.165, 1.54) is 6.07 Å². The average molecular weight is 225 g/mol. The van der Waals surface area contributed by atoms with Crippen LogP contribution in [0.15, 0.2) is 18.2 Å². The average Bonchev–Trinajstić information content (AvgIpc) is 2.27. The minimum absolute atomic E-state index is 0.0482. The summed E-state index contributed by atoms with van der Waals surface area (Å²) in [6, 6.07) is 5.03. The second kappa shape index (κ2) is 4.29. The van der Waals surface area contributed by atoms with E-state index in [0.717, 1.165) is 5.69 Å². The Balaban J connectivity index is 2.36. The second-order valence-electron chi connectivity index (χ2n) is 4.11. The summed E-state index contributed by atoms with van der Waals surface area (Å²) in [5.41, 5.74) is 0.765. The molecule has 1 aromatic rings. The van der Waals surface area contributed by atoms with Gasteiger partial charge in [-0.05, 0) is 19.1 Å². The Kier molecular flexibility index (Phi) is 3.01. The number of halogens is 1. The fraction of sp³-hybridized carbons (Fsp3) is 0.500. The van der Waals surface area contributed by atoms with Crippen LogP contribution in [-0.4, -0.2) is 30.9 Å². The molecule has 0 spiro atoms. The molecule has 3 nitrogen and oxygen atoms in total. The van der Waals surface area contributed by atoms with Crippen LogP contribution in [0.25, 0.3) is 0 Å². The van der Waals surface area contributed by atoms with Crippen LogP contribution >= 0.6 is 0 Å². The summed E-state index contributed by atoms with van der Waals surface area (Å²) < 4.78 is 19.2. The molecule has 0 aromatic heterocycles. The molecule has 1 aliphatic heterocycles. The van der Waals surface area contributed by atoms with E-state index in [4.69, 9.17) is 9.84 Å². The molecule has 0 amide bonds. The number of benzene rings is 1. The molecule has 0 fully saturated rings.